The predicted molar refractivity (Wildman–Crippen MR) is 97.1 cm³/mol. The maximum Gasteiger partial charge on any atom is 0.330 e. The van der Waals surface area contributed by atoms with Crippen LogP contribution < -0.4 is 11.1 Å². The number of carboxylic acids is 1. The number of piperidine rings is 1. The Morgan fingerprint density at radius 3 is 2.23 bits per heavy atom. The normalized spacial score (nSPS) is 17.6. The average molecular weight is 361 g/mol. The Kier molecular flexibility index (Phi) is 6.74. The van der Waals surface area contributed by atoms with E-state index >= 15 is 0 Å². The summed E-state index contributed by atoms with van der Waals surface area (Å²) >= 11 is 0. The first-order valence-corrected chi connectivity index (χ1v) is 8.93. The molecule has 0 aliphatic carbocycles. The fraction of sp³-hybridized carbons (Fsp3) is 0.526. The molecule has 7 heteroatoms. The number of rotatable bonds is 6. The molecule has 1 aliphatic heterocycles. The predicted octanol–water partition coefficient (Wildman–Crippen LogP) is 1.15. The minimum atomic E-state index is -1.10. The first kappa shape index (κ1) is 19.9. The number of likely N-dealkylation sites (tertiary alicyclic amines) is 1. The van der Waals surface area contributed by atoms with Gasteiger partial charge in [-0.25, -0.2) is 4.79 Å². The Balaban J connectivity index is 1.93. The minimum absolute atomic E-state index is 0.0609. The van der Waals surface area contributed by atoms with E-state index in [4.69, 9.17) is 5.73 Å². The van der Waals surface area contributed by atoms with E-state index < -0.39 is 18.1 Å². The Bertz CT molecular complexity index is 639. The summed E-state index contributed by atoms with van der Waals surface area (Å²) in [5.74, 6) is -1.72. The summed E-state index contributed by atoms with van der Waals surface area (Å²) < 4.78 is 0. The summed E-state index contributed by atoms with van der Waals surface area (Å²) in [5.41, 5.74) is 6.44. The maximum absolute atomic E-state index is 12.5. The molecule has 0 spiro atoms. The quantitative estimate of drug-likeness (QED) is 0.703. The Hall–Kier alpha value is -2.41. The highest BCUT2D eigenvalue weighted by Crippen LogP contribution is 2.21. The fourth-order valence-corrected chi connectivity index (χ4v) is 3.05. The van der Waals surface area contributed by atoms with Gasteiger partial charge >= 0.3 is 5.97 Å². The number of nitrogens with one attached hydrogen (secondary N) is 1. The van der Waals surface area contributed by atoms with Crippen LogP contribution in [0.3, 0.4) is 0 Å². The summed E-state index contributed by atoms with van der Waals surface area (Å²) in [6.07, 6.45) is 1.01. The van der Waals surface area contributed by atoms with Gasteiger partial charge in [-0.2, -0.15) is 0 Å². The molecule has 1 saturated heterocycles. The Labute approximate surface area is 153 Å². The van der Waals surface area contributed by atoms with Gasteiger partial charge in [0.1, 0.15) is 0 Å². The average Bonchev–Trinajstić information content (AvgIpc) is 2.65. The molecule has 1 aromatic carbocycles. The van der Waals surface area contributed by atoms with Gasteiger partial charge in [0.25, 0.3) is 0 Å². The number of nitrogens with two attached hydrogens (primary N) is 1. The molecule has 2 unspecified atom stereocenters. The topological polar surface area (TPSA) is 113 Å². The molecular weight excluding hydrogens is 334 g/mol. The number of hydrogen-bond donors (Lipinski definition) is 3. The number of carbonyl (C=O) groups is 3. The molecule has 0 radical (unpaired) electrons. The van der Waals surface area contributed by atoms with Crippen molar-refractivity contribution >= 4 is 17.8 Å². The summed E-state index contributed by atoms with van der Waals surface area (Å²) in [6, 6.07) is 7.01. The summed E-state index contributed by atoms with van der Waals surface area (Å²) in [5, 5.41) is 12.0. The smallest absolute Gasteiger partial charge is 0.330 e. The number of benzene rings is 1. The lowest BCUT2D eigenvalue weighted by atomic mass is 9.93. The zero-order chi connectivity index (χ0) is 19.3. The molecule has 1 heterocycles. The lowest BCUT2D eigenvalue weighted by Gasteiger charge is -2.34. The molecule has 0 bridgehead atoms. The van der Waals surface area contributed by atoms with Gasteiger partial charge in [-0.15, -0.1) is 0 Å². The van der Waals surface area contributed by atoms with Crippen LogP contribution in [0, 0.1) is 11.8 Å². The monoisotopic (exact) mass is 361 g/mol. The molecule has 142 valence electrons. The fourth-order valence-electron chi connectivity index (χ4n) is 3.05. The largest absolute Gasteiger partial charge is 0.479 e. The molecule has 1 fully saturated rings. The summed E-state index contributed by atoms with van der Waals surface area (Å²) in [6.45, 7) is 4.72. The second-order valence-corrected chi connectivity index (χ2v) is 7.06. The highest BCUT2D eigenvalue weighted by molar-refractivity contribution is 5.86. The van der Waals surface area contributed by atoms with Crippen LogP contribution in [0.1, 0.15) is 38.3 Å². The van der Waals surface area contributed by atoms with Crippen LogP contribution >= 0.6 is 0 Å². The first-order valence-electron chi connectivity index (χ1n) is 8.93. The third-order valence-corrected chi connectivity index (χ3v) is 4.85. The van der Waals surface area contributed by atoms with Crippen LogP contribution in [-0.4, -0.2) is 46.9 Å². The van der Waals surface area contributed by atoms with Gasteiger partial charge < -0.3 is 21.1 Å². The van der Waals surface area contributed by atoms with Crippen LogP contribution in [0.15, 0.2) is 30.3 Å². The highest BCUT2D eigenvalue weighted by Gasteiger charge is 2.32. The van der Waals surface area contributed by atoms with Crippen LogP contribution in [-0.2, 0) is 14.4 Å². The standard InChI is InChI=1S/C19H27N3O4/c1-12(2)15(20)18(24)22-10-8-14(9-11-22)17(23)21-16(19(25)26)13-6-4-3-5-7-13/h3-7,12,14-16H,8-11,20H2,1-2H3,(H,21,23)(H,25,26). The summed E-state index contributed by atoms with van der Waals surface area (Å²) in [4.78, 5) is 38.0. The molecule has 26 heavy (non-hydrogen) atoms. The maximum atomic E-state index is 12.5. The van der Waals surface area contributed by atoms with E-state index in [1.54, 1.807) is 35.2 Å². The first-order chi connectivity index (χ1) is 12.3. The number of hydrogen-bond acceptors (Lipinski definition) is 4. The van der Waals surface area contributed by atoms with Crippen LogP contribution in [0.25, 0.3) is 0 Å². The number of carboxylic acid groups (broad SMARTS) is 1. The van der Waals surface area contributed by atoms with Gasteiger partial charge in [0, 0.05) is 19.0 Å². The molecule has 2 atom stereocenters. The van der Waals surface area contributed by atoms with Crippen molar-refractivity contribution in [3.63, 3.8) is 0 Å². The van der Waals surface area contributed by atoms with Gasteiger partial charge in [-0.3, -0.25) is 9.59 Å². The number of carbonyl (C=O) groups excluding carboxylic acids is 2. The van der Waals surface area contributed by atoms with Crippen molar-refractivity contribution in [2.45, 2.75) is 38.8 Å². The van der Waals surface area contributed by atoms with E-state index in [2.05, 4.69) is 5.32 Å². The second kappa shape index (κ2) is 8.80. The van der Waals surface area contributed by atoms with Crippen molar-refractivity contribution in [2.75, 3.05) is 13.1 Å². The molecule has 1 aromatic rings. The van der Waals surface area contributed by atoms with Crippen molar-refractivity contribution in [2.24, 2.45) is 17.6 Å². The van der Waals surface area contributed by atoms with Crippen LogP contribution in [0.5, 0.6) is 0 Å². The van der Waals surface area contributed by atoms with Crippen molar-refractivity contribution in [3.8, 4) is 0 Å². The summed E-state index contributed by atoms with van der Waals surface area (Å²) in [7, 11) is 0. The molecule has 0 saturated carbocycles. The van der Waals surface area contributed by atoms with Crippen molar-refractivity contribution in [1.82, 2.24) is 10.2 Å². The number of nitrogens with zero attached hydrogens (tertiary/aromatic N) is 1. The van der Waals surface area contributed by atoms with E-state index in [0.717, 1.165) is 0 Å². The third kappa shape index (κ3) is 4.82. The Morgan fingerprint density at radius 1 is 1.15 bits per heavy atom. The third-order valence-electron chi connectivity index (χ3n) is 4.85. The minimum Gasteiger partial charge on any atom is -0.479 e. The lowest BCUT2D eigenvalue weighted by molar-refractivity contribution is -0.143. The second-order valence-electron chi connectivity index (χ2n) is 7.06. The molecule has 1 aliphatic rings. The van der Waals surface area contributed by atoms with Crippen molar-refractivity contribution in [1.29, 1.82) is 0 Å². The zero-order valence-electron chi connectivity index (χ0n) is 15.2. The molecule has 2 amide bonds. The van der Waals surface area contributed by atoms with Crippen LogP contribution in [0.2, 0.25) is 0 Å². The van der Waals surface area contributed by atoms with E-state index in [1.807, 2.05) is 13.8 Å². The van der Waals surface area contributed by atoms with E-state index in [1.165, 1.54) is 0 Å². The number of aliphatic carboxylic acids is 1. The van der Waals surface area contributed by atoms with Crippen molar-refractivity contribution in [3.05, 3.63) is 35.9 Å². The van der Waals surface area contributed by atoms with Gasteiger partial charge in [-0.1, -0.05) is 44.2 Å². The SMILES string of the molecule is CC(C)C(N)C(=O)N1CCC(C(=O)NC(C(=O)O)c2ccccc2)CC1. The van der Waals surface area contributed by atoms with Gasteiger partial charge in [0.2, 0.25) is 11.8 Å². The van der Waals surface area contributed by atoms with Gasteiger partial charge in [0.05, 0.1) is 6.04 Å². The van der Waals surface area contributed by atoms with E-state index in [0.29, 0.717) is 31.5 Å². The Morgan fingerprint density at radius 2 is 1.73 bits per heavy atom. The molecule has 4 N–H and O–H groups in total. The van der Waals surface area contributed by atoms with Gasteiger partial charge in [0.15, 0.2) is 6.04 Å². The molecule has 7 nitrogen and oxygen atoms in total. The molecular formula is C19H27N3O4. The van der Waals surface area contributed by atoms with Crippen LogP contribution in [0.4, 0.5) is 0 Å². The van der Waals surface area contributed by atoms with E-state index in [-0.39, 0.29) is 23.7 Å². The molecule has 0 aromatic heterocycles. The molecule has 2 rings (SSSR count). The highest BCUT2D eigenvalue weighted by atomic mass is 16.4. The number of amides is 2. The van der Waals surface area contributed by atoms with Crippen molar-refractivity contribution < 1.29 is 19.5 Å². The zero-order valence-corrected chi connectivity index (χ0v) is 15.2. The lowest BCUT2D eigenvalue weighted by Crippen LogP contribution is -2.50. The van der Waals surface area contributed by atoms with E-state index in [9.17, 15) is 19.5 Å². The van der Waals surface area contributed by atoms with Gasteiger partial charge in [-0.05, 0) is 24.3 Å².